The fraction of sp³-hybridized carbons (Fsp3) is 0.909. The topological polar surface area (TPSA) is 18.5 Å². The molecule has 2 unspecified atom stereocenters. The van der Waals surface area contributed by atoms with Crippen molar-refractivity contribution in [2.24, 2.45) is 0 Å². The average Bonchev–Trinajstić information content (AvgIpc) is 2.20. The number of rotatable bonds is 6. The molecule has 1 heterocycles. The van der Waals surface area contributed by atoms with Gasteiger partial charge in [-0.1, -0.05) is 35.7 Å². The molecule has 2 nitrogen and oxygen atoms in total. The highest BCUT2D eigenvalue weighted by molar-refractivity contribution is 9.09. The third-order valence-corrected chi connectivity index (χ3v) is 3.04. The fourth-order valence-electron chi connectivity index (χ4n) is 1.53. The van der Waals surface area contributed by atoms with Gasteiger partial charge in [0.1, 0.15) is 5.01 Å². The highest BCUT2D eigenvalue weighted by atomic mass is 79.9. The Kier molecular flexibility index (Phi) is 6.82. The first-order valence-electron chi connectivity index (χ1n) is 5.53. The predicted molar refractivity (Wildman–Crippen MR) is 61.2 cm³/mol. The molecular weight excluding hydrogens is 244 g/mol. The molecule has 3 heteroatoms. The van der Waals surface area contributed by atoms with E-state index in [0.717, 1.165) is 25.9 Å². The SMILES string of the molecule is [CH2]CCCCC(Br)OC1CCCCO1. The van der Waals surface area contributed by atoms with Crippen LogP contribution in [0.15, 0.2) is 0 Å². The number of alkyl halides is 1. The van der Waals surface area contributed by atoms with Gasteiger partial charge in [0.2, 0.25) is 0 Å². The van der Waals surface area contributed by atoms with Crippen LogP contribution in [0.5, 0.6) is 0 Å². The zero-order chi connectivity index (χ0) is 10.2. The summed E-state index contributed by atoms with van der Waals surface area (Å²) in [5.74, 6) is 0. The number of unbranched alkanes of at least 4 members (excludes halogenated alkanes) is 2. The lowest BCUT2D eigenvalue weighted by atomic mass is 10.2. The van der Waals surface area contributed by atoms with E-state index in [4.69, 9.17) is 9.47 Å². The number of hydrogen-bond donors (Lipinski definition) is 0. The lowest BCUT2D eigenvalue weighted by Gasteiger charge is -2.25. The third-order valence-electron chi connectivity index (χ3n) is 2.37. The van der Waals surface area contributed by atoms with Crippen molar-refractivity contribution >= 4 is 15.9 Å². The Morgan fingerprint density at radius 3 is 2.93 bits per heavy atom. The Morgan fingerprint density at radius 2 is 2.29 bits per heavy atom. The first-order valence-corrected chi connectivity index (χ1v) is 6.45. The summed E-state index contributed by atoms with van der Waals surface area (Å²) in [6, 6.07) is 0. The first kappa shape index (κ1) is 12.5. The van der Waals surface area contributed by atoms with E-state index >= 15 is 0 Å². The van der Waals surface area contributed by atoms with Gasteiger partial charge < -0.3 is 9.47 Å². The van der Waals surface area contributed by atoms with Gasteiger partial charge in [0, 0.05) is 6.61 Å². The van der Waals surface area contributed by atoms with Crippen molar-refractivity contribution in [2.45, 2.75) is 56.2 Å². The van der Waals surface area contributed by atoms with Gasteiger partial charge in [0.15, 0.2) is 6.29 Å². The summed E-state index contributed by atoms with van der Waals surface area (Å²) < 4.78 is 11.2. The second-order valence-electron chi connectivity index (χ2n) is 3.69. The molecule has 1 saturated heterocycles. The minimum absolute atomic E-state index is 0.0212. The van der Waals surface area contributed by atoms with Gasteiger partial charge in [-0.2, -0.15) is 0 Å². The van der Waals surface area contributed by atoms with E-state index in [1.54, 1.807) is 0 Å². The van der Waals surface area contributed by atoms with Crippen molar-refractivity contribution in [1.82, 2.24) is 0 Å². The third kappa shape index (κ3) is 5.32. The van der Waals surface area contributed by atoms with Crippen LogP contribution in [0.25, 0.3) is 0 Å². The van der Waals surface area contributed by atoms with Gasteiger partial charge in [0.05, 0.1) is 0 Å². The Labute approximate surface area is 95.5 Å². The Balaban J connectivity index is 2.03. The summed E-state index contributed by atoms with van der Waals surface area (Å²) >= 11 is 3.52. The molecule has 1 fully saturated rings. The van der Waals surface area contributed by atoms with Crippen LogP contribution in [0.3, 0.4) is 0 Å². The van der Waals surface area contributed by atoms with Gasteiger partial charge in [0.25, 0.3) is 0 Å². The van der Waals surface area contributed by atoms with Gasteiger partial charge in [-0.05, 0) is 32.1 Å². The standard InChI is InChI=1S/C11H20BrO2/c1-2-3-4-7-10(12)14-11-8-5-6-9-13-11/h10-11H,1-9H2. The number of hydrogen-bond acceptors (Lipinski definition) is 2. The summed E-state index contributed by atoms with van der Waals surface area (Å²) in [6.07, 6.45) is 7.88. The molecule has 1 rings (SSSR count). The molecule has 0 bridgehead atoms. The number of ether oxygens (including phenoxy) is 2. The fourth-order valence-corrected chi connectivity index (χ4v) is 2.10. The lowest BCUT2D eigenvalue weighted by molar-refractivity contribution is -0.169. The second-order valence-corrected chi connectivity index (χ2v) is 4.71. The molecule has 0 amide bonds. The van der Waals surface area contributed by atoms with Crippen molar-refractivity contribution < 1.29 is 9.47 Å². The van der Waals surface area contributed by atoms with Gasteiger partial charge >= 0.3 is 0 Å². The number of halogens is 1. The quantitative estimate of drug-likeness (QED) is 0.538. The summed E-state index contributed by atoms with van der Waals surface area (Å²) in [7, 11) is 0. The van der Waals surface area contributed by atoms with E-state index < -0.39 is 0 Å². The lowest BCUT2D eigenvalue weighted by Crippen LogP contribution is -2.25. The van der Waals surface area contributed by atoms with Gasteiger partial charge in [-0.15, -0.1) is 0 Å². The van der Waals surface area contributed by atoms with Crippen LogP contribution in [0.2, 0.25) is 0 Å². The average molecular weight is 264 g/mol. The molecule has 0 saturated carbocycles. The monoisotopic (exact) mass is 263 g/mol. The summed E-state index contributed by atoms with van der Waals surface area (Å²) in [5, 5.41) is 0.150. The van der Waals surface area contributed by atoms with Crippen molar-refractivity contribution in [3.05, 3.63) is 6.92 Å². The normalized spacial score (nSPS) is 24.9. The van der Waals surface area contributed by atoms with Gasteiger partial charge in [-0.3, -0.25) is 0 Å². The Morgan fingerprint density at radius 1 is 1.43 bits per heavy atom. The van der Waals surface area contributed by atoms with Crippen molar-refractivity contribution in [3.63, 3.8) is 0 Å². The molecule has 0 aromatic rings. The van der Waals surface area contributed by atoms with Crippen LogP contribution in [-0.2, 0) is 9.47 Å². The van der Waals surface area contributed by atoms with Crippen LogP contribution in [-0.4, -0.2) is 17.9 Å². The molecule has 0 aromatic heterocycles. The Bertz CT molecular complexity index is 135. The highest BCUT2D eigenvalue weighted by Crippen LogP contribution is 2.20. The van der Waals surface area contributed by atoms with E-state index in [9.17, 15) is 0 Å². The minimum atomic E-state index is 0.0212. The van der Waals surface area contributed by atoms with Crippen molar-refractivity contribution in [3.8, 4) is 0 Å². The highest BCUT2D eigenvalue weighted by Gasteiger charge is 2.17. The van der Waals surface area contributed by atoms with E-state index in [1.165, 1.54) is 25.7 Å². The predicted octanol–water partition coefficient (Wildman–Crippen LogP) is 3.65. The Hall–Kier alpha value is 0.400. The minimum Gasteiger partial charge on any atom is -0.353 e. The maximum atomic E-state index is 5.71. The van der Waals surface area contributed by atoms with Crippen LogP contribution in [0.1, 0.15) is 44.9 Å². The molecule has 0 aliphatic carbocycles. The summed E-state index contributed by atoms with van der Waals surface area (Å²) in [4.78, 5) is 0. The van der Waals surface area contributed by atoms with Crippen LogP contribution in [0, 0.1) is 6.92 Å². The molecule has 0 spiro atoms. The molecule has 83 valence electrons. The maximum Gasteiger partial charge on any atom is 0.159 e. The molecule has 1 radical (unpaired) electrons. The molecule has 2 atom stereocenters. The maximum absolute atomic E-state index is 5.71. The van der Waals surface area contributed by atoms with E-state index in [2.05, 4.69) is 22.9 Å². The molecule has 14 heavy (non-hydrogen) atoms. The van der Waals surface area contributed by atoms with Crippen LogP contribution < -0.4 is 0 Å². The van der Waals surface area contributed by atoms with E-state index in [0.29, 0.717) is 0 Å². The summed E-state index contributed by atoms with van der Waals surface area (Å²) in [6.45, 7) is 4.67. The summed E-state index contributed by atoms with van der Waals surface area (Å²) in [5.41, 5.74) is 0. The second kappa shape index (κ2) is 7.66. The first-order chi connectivity index (χ1) is 6.83. The van der Waals surface area contributed by atoms with Crippen LogP contribution in [0.4, 0.5) is 0 Å². The molecule has 1 aliphatic heterocycles. The zero-order valence-corrected chi connectivity index (χ0v) is 10.3. The molecule has 0 aromatic carbocycles. The molecule has 1 aliphatic rings. The van der Waals surface area contributed by atoms with Crippen molar-refractivity contribution in [2.75, 3.05) is 6.61 Å². The molecular formula is C11H20BrO2. The smallest absolute Gasteiger partial charge is 0.159 e. The van der Waals surface area contributed by atoms with Crippen LogP contribution >= 0.6 is 15.9 Å². The van der Waals surface area contributed by atoms with Gasteiger partial charge in [-0.25, -0.2) is 0 Å². The van der Waals surface area contributed by atoms with E-state index in [-0.39, 0.29) is 11.3 Å². The largest absolute Gasteiger partial charge is 0.353 e. The van der Waals surface area contributed by atoms with Crippen molar-refractivity contribution in [1.29, 1.82) is 0 Å². The zero-order valence-electron chi connectivity index (χ0n) is 8.71. The van der Waals surface area contributed by atoms with E-state index in [1.807, 2.05) is 0 Å². The molecule has 0 N–H and O–H groups in total.